The summed E-state index contributed by atoms with van der Waals surface area (Å²) in [5.41, 5.74) is 2.49. The van der Waals surface area contributed by atoms with Crippen molar-refractivity contribution in [1.29, 1.82) is 0 Å². The highest BCUT2D eigenvalue weighted by molar-refractivity contribution is 5.45. The highest BCUT2D eigenvalue weighted by atomic mass is 15.2. The molecule has 3 nitrogen and oxygen atoms in total. The summed E-state index contributed by atoms with van der Waals surface area (Å²) in [5, 5.41) is 3.48. The molecule has 2 rings (SSSR count). The van der Waals surface area contributed by atoms with Crippen molar-refractivity contribution in [2.24, 2.45) is 0 Å². The molecule has 0 atom stereocenters. The first-order chi connectivity index (χ1) is 9.24. The third-order valence-electron chi connectivity index (χ3n) is 3.50. The maximum Gasteiger partial charge on any atom is 0.129 e. The van der Waals surface area contributed by atoms with Crippen LogP contribution >= 0.6 is 0 Å². The van der Waals surface area contributed by atoms with Crippen LogP contribution in [0.3, 0.4) is 0 Å². The van der Waals surface area contributed by atoms with Crippen molar-refractivity contribution >= 4 is 5.82 Å². The zero-order valence-electron chi connectivity index (χ0n) is 12.6. The van der Waals surface area contributed by atoms with Gasteiger partial charge in [-0.2, -0.15) is 0 Å². The molecule has 1 aromatic heterocycles. The average Bonchev–Trinajstić information content (AvgIpc) is 3.20. The van der Waals surface area contributed by atoms with Crippen LogP contribution in [0.15, 0.2) is 12.1 Å². The molecule has 0 radical (unpaired) electrons. The van der Waals surface area contributed by atoms with Gasteiger partial charge in [0.1, 0.15) is 5.82 Å². The Balaban J connectivity index is 2.09. The second kappa shape index (κ2) is 6.90. The van der Waals surface area contributed by atoms with Gasteiger partial charge in [-0.1, -0.05) is 13.8 Å². The van der Waals surface area contributed by atoms with E-state index in [0.29, 0.717) is 0 Å². The van der Waals surface area contributed by atoms with E-state index < -0.39 is 0 Å². The third-order valence-corrected chi connectivity index (χ3v) is 3.50. The van der Waals surface area contributed by atoms with Gasteiger partial charge < -0.3 is 10.2 Å². The minimum atomic E-state index is 0.741. The van der Waals surface area contributed by atoms with Crippen molar-refractivity contribution in [3.05, 3.63) is 23.4 Å². The number of anilines is 1. The van der Waals surface area contributed by atoms with E-state index in [1.54, 1.807) is 0 Å². The molecule has 0 saturated heterocycles. The molecule has 19 heavy (non-hydrogen) atoms. The van der Waals surface area contributed by atoms with Crippen molar-refractivity contribution in [3.8, 4) is 0 Å². The molecular weight excluding hydrogens is 234 g/mol. The Morgan fingerprint density at radius 1 is 1.26 bits per heavy atom. The van der Waals surface area contributed by atoms with Crippen LogP contribution in [0.1, 0.15) is 50.8 Å². The summed E-state index contributed by atoms with van der Waals surface area (Å²) < 4.78 is 0. The molecule has 0 unspecified atom stereocenters. The van der Waals surface area contributed by atoms with Crippen LogP contribution in [0, 0.1) is 6.92 Å². The molecule has 1 aromatic rings. The lowest BCUT2D eigenvalue weighted by Gasteiger charge is -2.24. The van der Waals surface area contributed by atoms with Gasteiger partial charge in [0.15, 0.2) is 0 Å². The van der Waals surface area contributed by atoms with Gasteiger partial charge in [-0.3, -0.25) is 0 Å². The van der Waals surface area contributed by atoms with Gasteiger partial charge in [0.2, 0.25) is 0 Å². The smallest absolute Gasteiger partial charge is 0.129 e. The molecule has 1 fully saturated rings. The van der Waals surface area contributed by atoms with E-state index in [0.717, 1.165) is 31.4 Å². The quantitative estimate of drug-likeness (QED) is 0.728. The molecule has 106 valence electrons. The predicted molar refractivity (Wildman–Crippen MR) is 81.6 cm³/mol. The Kier molecular flexibility index (Phi) is 5.20. The van der Waals surface area contributed by atoms with E-state index in [1.165, 1.54) is 37.1 Å². The van der Waals surface area contributed by atoms with Gasteiger partial charge in [0.25, 0.3) is 0 Å². The average molecular weight is 261 g/mol. The predicted octanol–water partition coefficient (Wildman–Crippen LogP) is 3.27. The summed E-state index contributed by atoms with van der Waals surface area (Å²) >= 11 is 0. The maximum atomic E-state index is 4.74. The Morgan fingerprint density at radius 2 is 2.05 bits per heavy atom. The number of hydrogen-bond acceptors (Lipinski definition) is 3. The Hall–Kier alpha value is -1.09. The van der Waals surface area contributed by atoms with Crippen LogP contribution in [-0.2, 0) is 6.54 Å². The van der Waals surface area contributed by atoms with Crippen LogP contribution in [0.25, 0.3) is 0 Å². The fourth-order valence-corrected chi connectivity index (χ4v) is 2.49. The summed E-state index contributed by atoms with van der Waals surface area (Å²) in [6.07, 6.45) is 5.04. The fourth-order valence-electron chi connectivity index (χ4n) is 2.49. The van der Waals surface area contributed by atoms with E-state index in [9.17, 15) is 0 Å². The van der Waals surface area contributed by atoms with Crippen LogP contribution in [0.5, 0.6) is 0 Å². The molecule has 3 heteroatoms. The SMILES string of the molecule is CCCNCc1cc(C)nc(N(CCC)C2CC2)c1. The van der Waals surface area contributed by atoms with E-state index in [-0.39, 0.29) is 0 Å². The minimum Gasteiger partial charge on any atom is -0.354 e. The fraction of sp³-hybridized carbons (Fsp3) is 0.688. The number of nitrogens with zero attached hydrogens (tertiary/aromatic N) is 2. The van der Waals surface area contributed by atoms with Crippen LogP contribution in [0.2, 0.25) is 0 Å². The molecule has 0 aromatic carbocycles. The van der Waals surface area contributed by atoms with E-state index in [1.807, 2.05) is 0 Å². The zero-order valence-corrected chi connectivity index (χ0v) is 12.6. The largest absolute Gasteiger partial charge is 0.354 e. The van der Waals surface area contributed by atoms with E-state index >= 15 is 0 Å². The second-order valence-electron chi connectivity index (χ2n) is 5.58. The van der Waals surface area contributed by atoms with Crippen LogP contribution in [0.4, 0.5) is 5.82 Å². The minimum absolute atomic E-state index is 0.741. The van der Waals surface area contributed by atoms with Crippen LogP contribution < -0.4 is 10.2 Å². The second-order valence-corrected chi connectivity index (χ2v) is 5.58. The molecule has 1 aliphatic rings. The van der Waals surface area contributed by atoms with Gasteiger partial charge in [-0.25, -0.2) is 4.98 Å². The number of hydrogen-bond donors (Lipinski definition) is 1. The normalized spacial score (nSPS) is 14.7. The first-order valence-corrected chi connectivity index (χ1v) is 7.69. The third kappa shape index (κ3) is 4.20. The summed E-state index contributed by atoms with van der Waals surface area (Å²) in [6.45, 7) is 9.71. The zero-order chi connectivity index (χ0) is 13.7. The lowest BCUT2D eigenvalue weighted by Crippen LogP contribution is -2.28. The lowest BCUT2D eigenvalue weighted by molar-refractivity contribution is 0.673. The monoisotopic (exact) mass is 261 g/mol. The first-order valence-electron chi connectivity index (χ1n) is 7.69. The van der Waals surface area contributed by atoms with Gasteiger partial charge in [-0.15, -0.1) is 0 Å². The molecular formula is C16H27N3. The summed E-state index contributed by atoms with van der Waals surface area (Å²) in [5.74, 6) is 1.18. The summed E-state index contributed by atoms with van der Waals surface area (Å²) in [7, 11) is 0. The Labute approximate surface area is 117 Å². The van der Waals surface area contributed by atoms with Crippen molar-refractivity contribution < 1.29 is 0 Å². The molecule has 1 aliphatic carbocycles. The Morgan fingerprint density at radius 3 is 2.68 bits per heavy atom. The number of pyridine rings is 1. The molecule has 0 bridgehead atoms. The number of aryl methyl sites for hydroxylation is 1. The standard InChI is InChI=1S/C16H27N3/c1-4-8-17-12-14-10-13(3)18-16(11-14)19(9-5-2)15-6-7-15/h10-11,15,17H,4-9,12H2,1-3H3. The van der Waals surface area contributed by atoms with Gasteiger partial charge in [0, 0.05) is 24.8 Å². The highest BCUT2D eigenvalue weighted by Gasteiger charge is 2.29. The molecule has 0 amide bonds. The van der Waals surface area contributed by atoms with Crippen LogP contribution in [-0.4, -0.2) is 24.1 Å². The molecule has 1 heterocycles. The van der Waals surface area contributed by atoms with Gasteiger partial charge in [0.05, 0.1) is 0 Å². The van der Waals surface area contributed by atoms with Crippen molar-refractivity contribution in [2.75, 3.05) is 18.0 Å². The molecule has 1 saturated carbocycles. The molecule has 1 N–H and O–H groups in total. The topological polar surface area (TPSA) is 28.2 Å². The number of aromatic nitrogens is 1. The first kappa shape index (κ1) is 14.3. The van der Waals surface area contributed by atoms with Crippen molar-refractivity contribution in [2.45, 2.75) is 59.0 Å². The molecule has 0 aliphatic heterocycles. The van der Waals surface area contributed by atoms with Gasteiger partial charge in [-0.05, 0) is 56.8 Å². The number of nitrogens with one attached hydrogen (secondary N) is 1. The van der Waals surface area contributed by atoms with Crippen molar-refractivity contribution in [1.82, 2.24) is 10.3 Å². The summed E-state index contributed by atoms with van der Waals surface area (Å²) in [6, 6.07) is 5.21. The lowest BCUT2D eigenvalue weighted by atomic mass is 10.2. The Bertz CT molecular complexity index is 399. The number of rotatable bonds is 8. The van der Waals surface area contributed by atoms with E-state index in [4.69, 9.17) is 4.98 Å². The van der Waals surface area contributed by atoms with Gasteiger partial charge >= 0.3 is 0 Å². The maximum absolute atomic E-state index is 4.74. The highest BCUT2D eigenvalue weighted by Crippen LogP contribution is 2.31. The van der Waals surface area contributed by atoms with E-state index in [2.05, 4.69) is 43.1 Å². The summed E-state index contributed by atoms with van der Waals surface area (Å²) in [4.78, 5) is 7.24. The van der Waals surface area contributed by atoms with Crippen molar-refractivity contribution in [3.63, 3.8) is 0 Å². The molecule has 0 spiro atoms.